The van der Waals surface area contributed by atoms with Crippen LogP contribution in [0.2, 0.25) is 0 Å². The molecule has 0 unspecified atom stereocenters. The van der Waals surface area contributed by atoms with Crippen LogP contribution in [-0.4, -0.2) is 46.8 Å². The van der Waals surface area contributed by atoms with E-state index in [2.05, 4.69) is 32.9 Å². The summed E-state index contributed by atoms with van der Waals surface area (Å²) in [7, 11) is 1.63. The van der Waals surface area contributed by atoms with Crippen molar-refractivity contribution in [1.82, 2.24) is 4.90 Å². The smallest absolute Gasteiger partial charge is 0.338 e. The normalized spacial score (nSPS) is 17.7. The molecule has 9 heteroatoms. The fourth-order valence-electron chi connectivity index (χ4n) is 2.65. The monoisotopic (exact) mass is 537 g/mol. The van der Waals surface area contributed by atoms with Gasteiger partial charge in [0.15, 0.2) is 5.17 Å². The van der Waals surface area contributed by atoms with Crippen molar-refractivity contribution in [2.75, 3.05) is 19.0 Å². The lowest BCUT2D eigenvalue weighted by molar-refractivity contribution is -0.128. The highest BCUT2D eigenvalue weighted by Gasteiger charge is 2.34. The fraction of sp³-hybridized carbons (Fsp3) is 0.238. The third kappa shape index (κ3) is 5.60. The average Bonchev–Trinajstić information content (AvgIpc) is 2.73. The molecule has 0 spiro atoms. The molecule has 30 heavy (non-hydrogen) atoms. The van der Waals surface area contributed by atoms with Crippen molar-refractivity contribution in [3.05, 3.63) is 57.7 Å². The molecule has 0 aromatic heterocycles. The number of halogens is 1. The minimum atomic E-state index is -0.578. The van der Waals surface area contributed by atoms with Gasteiger partial charge in [0.25, 0.3) is 0 Å². The molecule has 2 aromatic carbocycles. The first-order valence-corrected chi connectivity index (χ1v) is 11.2. The van der Waals surface area contributed by atoms with E-state index in [1.807, 2.05) is 24.3 Å². The van der Waals surface area contributed by atoms with Crippen molar-refractivity contribution in [3.63, 3.8) is 0 Å². The molecule has 1 heterocycles. The SMILES string of the molecule is CCOC(=O)c1ccc(N=C2S[C@H](C(=O)Nc3ccc(I)cc3)CC(=O)N2C)cc1. The van der Waals surface area contributed by atoms with Gasteiger partial charge in [-0.25, -0.2) is 9.79 Å². The maximum Gasteiger partial charge on any atom is 0.338 e. The van der Waals surface area contributed by atoms with E-state index in [1.54, 1.807) is 38.2 Å². The van der Waals surface area contributed by atoms with Crippen molar-refractivity contribution < 1.29 is 19.1 Å². The van der Waals surface area contributed by atoms with Crippen LogP contribution in [0.3, 0.4) is 0 Å². The van der Waals surface area contributed by atoms with Gasteiger partial charge in [-0.1, -0.05) is 11.8 Å². The van der Waals surface area contributed by atoms with Crippen LogP contribution in [-0.2, 0) is 14.3 Å². The van der Waals surface area contributed by atoms with Crippen molar-refractivity contribution in [3.8, 4) is 0 Å². The Balaban J connectivity index is 1.73. The van der Waals surface area contributed by atoms with Crippen LogP contribution < -0.4 is 5.32 Å². The van der Waals surface area contributed by atoms with E-state index in [0.717, 1.165) is 3.57 Å². The van der Waals surface area contributed by atoms with Gasteiger partial charge < -0.3 is 10.1 Å². The summed E-state index contributed by atoms with van der Waals surface area (Å²) in [6, 6.07) is 14.0. The predicted molar refractivity (Wildman–Crippen MR) is 126 cm³/mol. The molecule has 0 aliphatic carbocycles. The number of benzene rings is 2. The second kappa shape index (κ2) is 10.1. The van der Waals surface area contributed by atoms with Crippen molar-refractivity contribution in [2.24, 2.45) is 4.99 Å². The number of carbonyl (C=O) groups excluding carboxylic acids is 3. The highest BCUT2D eigenvalue weighted by atomic mass is 127. The number of nitrogens with zero attached hydrogens (tertiary/aromatic N) is 2. The lowest BCUT2D eigenvalue weighted by Gasteiger charge is -2.28. The van der Waals surface area contributed by atoms with Gasteiger partial charge in [-0.3, -0.25) is 14.5 Å². The number of nitrogens with one attached hydrogen (secondary N) is 1. The van der Waals surface area contributed by atoms with Crippen molar-refractivity contribution in [2.45, 2.75) is 18.6 Å². The molecule has 0 radical (unpaired) electrons. The Bertz CT molecular complexity index is 977. The number of amidine groups is 1. The van der Waals surface area contributed by atoms with Crippen LogP contribution in [0.1, 0.15) is 23.7 Å². The van der Waals surface area contributed by atoms with Gasteiger partial charge in [0.2, 0.25) is 11.8 Å². The molecule has 156 valence electrons. The zero-order chi connectivity index (χ0) is 21.7. The lowest BCUT2D eigenvalue weighted by atomic mass is 10.2. The second-order valence-corrected chi connectivity index (χ2v) is 8.84. The maximum absolute atomic E-state index is 12.7. The molecule has 1 atom stereocenters. The number of rotatable bonds is 5. The Morgan fingerprint density at radius 1 is 1.20 bits per heavy atom. The number of anilines is 1. The van der Waals surface area contributed by atoms with Gasteiger partial charge >= 0.3 is 5.97 Å². The molecule has 1 saturated heterocycles. The van der Waals surface area contributed by atoms with E-state index >= 15 is 0 Å². The van der Waals surface area contributed by atoms with Gasteiger partial charge in [-0.2, -0.15) is 0 Å². The Morgan fingerprint density at radius 3 is 2.50 bits per heavy atom. The highest BCUT2D eigenvalue weighted by Crippen LogP contribution is 2.29. The van der Waals surface area contributed by atoms with Gasteiger partial charge in [0.1, 0.15) is 5.25 Å². The van der Waals surface area contributed by atoms with Crippen LogP contribution in [0.4, 0.5) is 11.4 Å². The first-order valence-electron chi connectivity index (χ1n) is 9.23. The van der Waals surface area contributed by atoms with Crippen LogP contribution in [0.25, 0.3) is 0 Å². The largest absolute Gasteiger partial charge is 0.462 e. The minimum absolute atomic E-state index is 0.0954. The first-order chi connectivity index (χ1) is 14.4. The van der Waals surface area contributed by atoms with Crippen molar-refractivity contribution in [1.29, 1.82) is 0 Å². The summed E-state index contributed by atoms with van der Waals surface area (Å²) in [5.41, 5.74) is 1.68. The molecular weight excluding hydrogens is 517 g/mol. The van der Waals surface area contributed by atoms with Crippen LogP contribution in [0, 0.1) is 3.57 Å². The Labute approximate surface area is 192 Å². The van der Waals surface area contributed by atoms with E-state index in [9.17, 15) is 14.4 Å². The summed E-state index contributed by atoms with van der Waals surface area (Å²) in [4.78, 5) is 42.8. The second-order valence-electron chi connectivity index (χ2n) is 6.42. The number of hydrogen-bond donors (Lipinski definition) is 1. The van der Waals surface area contributed by atoms with Crippen LogP contribution >= 0.6 is 34.4 Å². The van der Waals surface area contributed by atoms with Crippen molar-refractivity contribution >= 4 is 68.7 Å². The number of esters is 1. The number of thioether (sulfide) groups is 1. The molecule has 0 saturated carbocycles. The van der Waals surface area contributed by atoms with E-state index in [0.29, 0.717) is 28.7 Å². The number of hydrogen-bond acceptors (Lipinski definition) is 6. The summed E-state index contributed by atoms with van der Waals surface area (Å²) < 4.78 is 6.04. The number of ether oxygens (including phenoxy) is 1. The molecular formula is C21H20IN3O4S. The van der Waals surface area contributed by atoms with E-state index in [4.69, 9.17) is 4.74 Å². The zero-order valence-electron chi connectivity index (χ0n) is 16.4. The van der Waals surface area contributed by atoms with Crippen LogP contribution in [0.15, 0.2) is 53.5 Å². The molecule has 2 amide bonds. The third-order valence-corrected chi connectivity index (χ3v) is 6.24. The highest BCUT2D eigenvalue weighted by molar-refractivity contribution is 14.1. The summed E-state index contributed by atoms with van der Waals surface area (Å²) in [5, 5.41) is 2.70. The molecule has 3 rings (SSSR count). The molecule has 1 aliphatic rings. The fourth-order valence-corrected chi connectivity index (χ4v) is 4.07. The minimum Gasteiger partial charge on any atom is -0.462 e. The number of carbonyl (C=O) groups is 3. The van der Waals surface area contributed by atoms with Gasteiger partial charge in [0.05, 0.1) is 17.9 Å². The third-order valence-electron chi connectivity index (χ3n) is 4.28. The molecule has 1 N–H and O–H groups in total. The number of aliphatic imine (C=N–C) groups is 1. The Hall–Kier alpha value is -2.40. The van der Waals surface area contributed by atoms with E-state index in [1.165, 1.54) is 16.7 Å². The quantitative estimate of drug-likeness (QED) is 0.460. The summed E-state index contributed by atoms with van der Waals surface area (Å²) in [5.74, 6) is -0.824. The summed E-state index contributed by atoms with van der Waals surface area (Å²) in [6.45, 7) is 2.05. The standard InChI is InChI=1S/C21H20IN3O4S/c1-3-29-20(28)13-4-8-16(9-5-13)24-21-25(2)18(26)12-17(30-21)19(27)23-15-10-6-14(22)7-11-15/h4-11,17H,3,12H2,1-2H3,(H,23,27)/t17-/m0/s1. The molecule has 1 aliphatic heterocycles. The van der Waals surface area contributed by atoms with Gasteiger partial charge in [-0.15, -0.1) is 0 Å². The van der Waals surface area contributed by atoms with Gasteiger partial charge in [-0.05, 0) is 78.0 Å². The Kier molecular flexibility index (Phi) is 7.48. The average molecular weight is 537 g/mol. The topological polar surface area (TPSA) is 88.1 Å². The molecule has 7 nitrogen and oxygen atoms in total. The van der Waals surface area contributed by atoms with Gasteiger partial charge in [0, 0.05) is 22.7 Å². The summed E-state index contributed by atoms with van der Waals surface area (Å²) >= 11 is 3.43. The van der Waals surface area contributed by atoms with Crippen LogP contribution in [0.5, 0.6) is 0 Å². The molecule has 1 fully saturated rings. The van der Waals surface area contributed by atoms with E-state index in [-0.39, 0.29) is 18.2 Å². The maximum atomic E-state index is 12.7. The predicted octanol–water partition coefficient (Wildman–Crippen LogP) is 4.06. The Morgan fingerprint density at radius 2 is 1.87 bits per heavy atom. The molecule has 2 aromatic rings. The molecule has 0 bridgehead atoms. The lowest BCUT2D eigenvalue weighted by Crippen LogP contribution is -2.43. The summed E-state index contributed by atoms with van der Waals surface area (Å²) in [6.07, 6.45) is 0.0954. The first kappa shape index (κ1) is 22.3. The van der Waals surface area contributed by atoms with E-state index < -0.39 is 11.2 Å². The number of amides is 2. The zero-order valence-corrected chi connectivity index (χ0v) is 19.4.